The summed E-state index contributed by atoms with van der Waals surface area (Å²) >= 11 is 0. The minimum atomic E-state index is -3.31. The van der Waals surface area contributed by atoms with E-state index in [4.69, 9.17) is 9.05 Å². The molecule has 0 bridgehead atoms. The molecule has 1 unspecified atom stereocenters. The number of amides is 1. The predicted octanol–water partition coefficient (Wildman–Crippen LogP) is 5.54. The molecule has 1 aromatic carbocycles. The highest BCUT2D eigenvalue weighted by Crippen LogP contribution is 2.51. The molecule has 6 heteroatoms. The van der Waals surface area contributed by atoms with E-state index in [1.54, 1.807) is 31.8 Å². The van der Waals surface area contributed by atoms with Gasteiger partial charge in [0.2, 0.25) is 0 Å². The van der Waals surface area contributed by atoms with E-state index in [1.807, 2.05) is 25.1 Å². The van der Waals surface area contributed by atoms with Crippen molar-refractivity contribution >= 4 is 13.5 Å². The maximum Gasteiger partial charge on any atom is 0.354 e. The smallest absolute Gasteiger partial charge is 0.346 e. The monoisotopic (exact) mass is 381 g/mol. The maximum atomic E-state index is 12.9. The van der Waals surface area contributed by atoms with Gasteiger partial charge < -0.3 is 14.4 Å². The van der Waals surface area contributed by atoms with E-state index < -0.39 is 7.60 Å². The van der Waals surface area contributed by atoms with Crippen LogP contribution in [0.3, 0.4) is 0 Å². The molecule has 0 saturated heterocycles. The summed E-state index contributed by atoms with van der Waals surface area (Å²) in [5, 5.41) is 3.06. The summed E-state index contributed by atoms with van der Waals surface area (Å²) in [7, 11) is -3.31. The molecule has 0 aromatic heterocycles. The molecule has 1 atom stereocenters. The number of carbonyl (C=O) groups excluding carboxylic acids is 1. The van der Waals surface area contributed by atoms with Gasteiger partial charge in [-0.1, -0.05) is 38.5 Å². The third kappa shape index (κ3) is 7.45. The highest BCUT2D eigenvalue weighted by Gasteiger charge is 2.25. The Bertz CT molecular complexity index is 605. The summed E-state index contributed by atoms with van der Waals surface area (Å²) in [5.41, 5.74) is 1.52. The van der Waals surface area contributed by atoms with Crippen molar-refractivity contribution in [2.24, 2.45) is 0 Å². The van der Waals surface area contributed by atoms with Crippen LogP contribution in [0, 0.1) is 0 Å². The van der Waals surface area contributed by atoms with E-state index in [9.17, 15) is 9.36 Å². The van der Waals surface area contributed by atoms with Crippen LogP contribution in [0.15, 0.2) is 41.7 Å². The number of rotatable bonds is 12. The quantitative estimate of drug-likeness (QED) is 0.483. The average Bonchev–Trinajstić information content (AvgIpc) is 2.64. The maximum absolute atomic E-state index is 12.9. The number of benzene rings is 1. The van der Waals surface area contributed by atoms with E-state index in [-0.39, 0.29) is 11.9 Å². The van der Waals surface area contributed by atoms with Crippen LogP contribution in [-0.2, 0) is 13.6 Å². The minimum absolute atomic E-state index is 0.137. The Morgan fingerprint density at radius 3 is 2.23 bits per heavy atom. The molecule has 0 aliphatic rings. The van der Waals surface area contributed by atoms with Crippen LogP contribution in [0.1, 0.15) is 63.7 Å². The van der Waals surface area contributed by atoms with Crippen molar-refractivity contribution in [2.75, 3.05) is 13.2 Å². The molecule has 146 valence electrons. The first-order chi connectivity index (χ1) is 12.5. The lowest BCUT2D eigenvalue weighted by Gasteiger charge is -2.23. The van der Waals surface area contributed by atoms with Crippen molar-refractivity contribution in [1.82, 2.24) is 5.32 Å². The lowest BCUT2D eigenvalue weighted by atomic mass is 10.00. The Balaban J connectivity index is 3.07. The highest BCUT2D eigenvalue weighted by molar-refractivity contribution is 7.57. The second kappa shape index (κ2) is 12.1. The summed E-state index contributed by atoms with van der Waals surface area (Å²) in [4.78, 5) is 12.5. The van der Waals surface area contributed by atoms with Crippen LogP contribution < -0.4 is 5.32 Å². The number of hydrogen-bond donors (Lipinski definition) is 1. The molecule has 1 rings (SSSR count). The summed E-state index contributed by atoms with van der Waals surface area (Å²) in [6, 6.07) is 8.90. The van der Waals surface area contributed by atoms with Crippen molar-refractivity contribution in [2.45, 2.75) is 59.4 Å². The molecule has 1 amide bonds. The summed E-state index contributed by atoms with van der Waals surface area (Å²) in [6.07, 6.45) is 3.40. The van der Waals surface area contributed by atoms with Crippen molar-refractivity contribution in [3.05, 3.63) is 47.3 Å². The number of unbranched alkanes of at least 4 members (excludes halogenated alkanes) is 1. The largest absolute Gasteiger partial charge is 0.354 e. The van der Waals surface area contributed by atoms with Crippen molar-refractivity contribution < 1.29 is 18.4 Å². The van der Waals surface area contributed by atoms with E-state index in [0.717, 1.165) is 24.8 Å². The van der Waals surface area contributed by atoms with Gasteiger partial charge in [-0.2, -0.15) is 0 Å². The van der Waals surface area contributed by atoms with Gasteiger partial charge in [-0.05, 0) is 50.8 Å². The number of hydrogen-bond acceptors (Lipinski definition) is 4. The lowest BCUT2D eigenvalue weighted by molar-refractivity contribution is 0.0941. The highest BCUT2D eigenvalue weighted by atomic mass is 31.2. The first kappa shape index (κ1) is 22.6. The van der Waals surface area contributed by atoms with Gasteiger partial charge in [-0.15, -0.1) is 0 Å². The van der Waals surface area contributed by atoms with Crippen LogP contribution in [0.5, 0.6) is 0 Å². The predicted molar refractivity (Wildman–Crippen MR) is 106 cm³/mol. The fraction of sp³-hybridized carbons (Fsp3) is 0.550. The number of nitrogens with one attached hydrogen (secondary N) is 1. The van der Waals surface area contributed by atoms with Crippen molar-refractivity contribution in [3.8, 4) is 0 Å². The van der Waals surface area contributed by atoms with Gasteiger partial charge >= 0.3 is 7.60 Å². The molecule has 0 saturated carbocycles. The molecule has 0 spiro atoms. The van der Waals surface area contributed by atoms with E-state index >= 15 is 0 Å². The fourth-order valence-corrected chi connectivity index (χ4v) is 4.33. The molecular formula is C20H32NO4P. The van der Waals surface area contributed by atoms with Crippen molar-refractivity contribution in [1.29, 1.82) is 0 Å². The van der Waals surface area contributed by atoms with Gasteiger partial charge in [-0.25, -0.2) is 0 Å². The van der Waals surface area contributed by atoms with Gasteiger partial charge in [0.15, 0.2) is 0 Å². The summed E-state index contributed by atoms with van der Waals surface area (Å²) < 4.78 is 23.7. The van der Waals surface area contributed by atoms with Gasteiger partial charge in [0.25, 0.3) is 5.91 Å². The van der Waals surface area contributed by atoms with Crippen LogP contribution in [0.25, 0.3) is 0 Å². The van der Waals surface area contributed by atoms with Crippen LogP contribution in [-0.4, -0.2) is 25.2 Å². The van der Waals surface area contributed by atoms with Gasteiger partial charge in [-0.3, -0.25) is 9.36 Å². The average molecular weight is 381 g/mol. The Labute approximate surface area is 157 Å². The van der Waals surface area contributed by atoms with Crippen LogP contribution >= 0.6 is 7.60 Å². The molecule has 5 nitrogen and oxygen atoms in total. The fourth-order valence-electron chi connectivity index (χ4n) is 2.67. The lowest BCUT2D eigenvalue weighted by Crippen LogP contribution is -2.36. The standard InChI is InChI=1S/C20H32NO4P/c1-5-9-13-18(16-26(23,24-7-3)25-8-4)19(6-2)21-20(22)17-14-11-10-12-15-17/h10-12,14-16,19H,5-9,13H2,1-4H3,(H,21,22)/b18-16+. The van der Waals surface area contributed by atoms with E-state index in [2.05, 4.69) is 12.2 Å². The van der Waals surface area contributed by atoms with Crippen LogP contribution in [0.2, 0.25) is 0 Å². The normalized spacial score (nSPS) is 13.5. The van der Waals surface area contributed by atoms with E-state index in [1.165, 1.54) is 0 Å². The van der Waals surface area contributed by atoms with Crippen LogP contribution in [0.4, 0.5) is 0 Å². The van der Waals surface area contributed by atoms with Crippen molar-refractivity contribution in [3.63, 3.8) is 0 Å². The Hall–Kier alpha value is -1.42. The SMILES string of the molecule is CCCC/C(=C\P(=O)(OCC)OCC)C(CC)NC(=O)c1ccccc1. The Morgan fingerprint density at radius 1 is 1.12 bits per heavy atom. The molecule has 0 fully saturated rings. The zero-order valence-electron chi connectivity index (χ0n) is 16.4. The van der Waals surface area contributed by atoms with Gasteiger partial charge in [0, 0.05) is 11.4 Å². The number of carbonyl (C=O) groups is 1. The summed E-state index contributed by atoms with van der Waals surface area (Å²) in [5.74, 6) is 1.48. The van der Waals surface area contributed by atoms with Gasteiger partial charge in [0.1, 0.15) is 0 Å². The molecular weight excluding hydrogens is 349 g/mol. The Morgan fingerprint density at radius 2 is 1.73 bits per heavy atom. The minimum Gasteiger partial charge on any atom is -0.346 e. The molecule has 1 aromatic rings. The molecule has 0 aliphatic carbocycles. The third-order valence-corrected chi connectivity index (χ3v) is 5.84. The Kier molecular flexibility index (Phi) is 10.5. The zero-order valence-corrected chi connectivity index (χ0v) is 17.3. The second-order valence-corrected chi connectivity index (χ2v) is 7.84. The molecule has 26 heavy (non-hydrogen) atoms. The second-order valence-electron chi connectivity index (χ2n) is 5.98. The first-order valence-electron chi connectivity index (χ1n) is 9.45. The molecule has 0 radical (unpaired) electrons. The molecule has 0 heterocycles. The zero-order chi connectivity index (χ0) is 19.4. The van der Waals surface area contributed by atoms with Gasteiger partial charge in [0.05, 0.1) is 19.3 Å². The summed E-state index contributed by atoms with van der Waals surface area (Å²) in [6.45, 7) is 8.30. The topological polar surface area (TPSA) is 64.6 Å². The van der Waals surface area contributed by atoms with E-state index in [0.29, 0.717) is 25.2 Å². The molecule has 1 N–H and O–H groups in total. The third-order valence-electron chi connectivity index (χ3n) is 3.96. The molecule has 0 aliphatic heterocycles. The first-order valence-corrected chi connectivity index (χ1v) is 11.1.